The molecule has 0 amide bonds. The molecule has 1 atom stereocenters. The maximum Gasteiger partial charge on any atom is 0.340 e. The third-order valence-electron chi connectivity index (χ3n) is 6.21. The van der Waals surface area contributed by atoms with Crippen LogP contribution >= 0.6 is 0 Å². The summed E-state index contributed by atoms with van der Waals surface area (Å²) in [7, 11) is 0. The summed E-state index contributed by atoms with van der Waals surface area (Å²) in [5.41, 5.74) is 4.20. The van der Waals surface area contributed by atoms with Crippen molar-refractivity contribution in [1.29, 1.82) is 0 Å². The zero-order valence-corrected chi connectivity index (χ0v) is 18.1. The van der Waals surface area contributed by atoms with E-state index in [4.69, 9.17) is 9.47 Å². The molecule has 3 aromatic rings. The maximum atomic E-state index is 12.9. The fourth-order valence-electron chi connectivity index (χ4n) is 4.76. The van der Waals surface area contributed by atoms with Crippen molar-refractivity contribution in [3.05, 3.63) is 82.9 Å². The number of hydrogen-bond donors (Lipinski definition) is 1. The number of esters is 1. The zero-order valence-electron chi connectivity index (χ0n) is 18.1. The monoisotopic (exact) mass is 414 g/mol. The van der Waals surface area contributed by atoms with E-state index in [1.54, 1.807) is 0 Å². The lowest BCUT2D eigenvalue weighted by atomic mass is 9.77. The molecule has 1 N–H and O–H groups in total. The lowest BCUT2D eigenvalue weighted by molar-refractivity contribution is 0.0224. The minimum absolute atomic E-state index is 0.307. The number of rotatable bonds is 5. The molecule has 2 aliphatic rings. The van der Waals surface area contributed by atoms with Crippen LogP contribution in [0, 0.1) is 0 Å². The number of anilines is 2. The molecule has 0 saturated heterocycles. The average molecular weight is 415 g/mol. The molecule has 1 spiro atoms. The second-order valence-electron chi connectivity index (χ2n) is 7.81. The number of nitrogens with zero attached hydrogens (tertiary/aromatic N) is 1. The molecule has 0 radical (unpaired) electrons. The van der Waals surface area contributed by atoms with Gasteiger partial charge in [-0.2, -0.15) is 0 Å². The Labute approximate surface area is 182 Å². The van der Waals surface area contributed by atoms with E-state index in [2.05, 4.69) is 43.1 Å². The number of fused-ring (bicyclic) bond motifs is 6. The van der Waals surface area contributed by atoms with Crippen LogP contribution in [-0.4, -0.2) is 25.6 Å². The molecule has 5 nitrogen and oxygen atoms in total. The Morgan fingerprint density at radius 2 is 1.58 bits per heavy atom. The van der Waals surface area contributed by atoms with E-state index in [9.17, 15) is 4.79 Å². The molecule has 2 heterocycles. The summed E-state index contributed by atoms with van der Waals surface area (Å²) in [5, 5.41) is 3.34. The lowest BCUT2D eigenvalue weighted by Crippen LogP contribution is -2.33. The van der Waals surface area contributed by atoms with E-state index in [1.165, 1.54) is 0 Å². The maximum absolute atomic E-state index is 12.9. The Kier molecular flexibility index (Phi) is 4.62. The summed E-state index contributed by atoms with van der Waals surface area (Å²) >= 11 is 0. The van der Waals surface area contributed by atoms with Crippen molar-refractivity contribution in [2.45, 2.75) is 26.4 Å². The van der Waals surface area contributed by atoms with Crippen molar-refractivity contribution in [3.63, 3.8) is 0 Å². The van der Waals surface area contributed by atoms with Gasteiger partial charge in [-0.3, -0.25) is 0 Å². The highest BCUT2D eigenvalue weighted by Gasteiger charge is 2.53. The highest BCUT2D eigenvalue weighted by Crippen LogP contribution is 2.56. The van der Waals surface area contributed by atoms with Gasteiger partial charge < -0.3 is 19.7 Å². The van der Waals surface area contributed by atoms with Crippen molar-refractivity contribution in [1.82, 2.24) is 0 Å². The van der Waals surface area contributed by atoms with Gasteiger partial charge in [-0.05, 0) is 51.1 Å². The van der Waals surface area contributed by atoms with Crippen LogP contribution in [0.15, 0.2) is 60.7 Å². The van der Waals surface area contributed by atoms with Crippen LogP contribution in [-0.2, 0) is 10.3 Å². The Balaban J connectivity index is 1.77. The zero-order chi connectivity index (χ0) is 21.6. The van der Waals surface area contributed by atoms with Crippen LogP contribution in [0.4, 0.5) is 11.4 Å². The van der Waals surface area contributed by atoms with E-state index in [1.807, 2.05) is 48.5 Å². The summed E-state index contributed by atoms with van der Waals surface area (Å²) in [6.07, 6.45) is 0. The highest BCUT2D eigenvalue weighted by atomic mass is 16.6. The molecule has 0 saturated carbocycles. The van der Waals surface area contributed by atoms with Gasteiger partial charge in [0.15, 0.2) is 5.60 Å². The van der Waals surface area contributed by atoms with E-state index >= 15 is 0 Å². The number of nitrogens with one attached hydrogen (secondary N) is 1. The first-order valence-corrected chi connectivity index (χ1v) is 10.9. The molecular formula is C26H26N2O3. The third-order valence-corrected chi connectivity index (χ3v) is 6.21. The van der Waals surface area contributed by atoms with Crippen molar-refractivity contribution >= 4 is 17.3 Å². The Hall–Kier alpha value is -3.47. The third kappa shape index (κ3) is 2.80. The molecule has 5 rings (SSSR count). The summed E-state index contributed by atoms with van der Waals surface area (Å²) in [5.74, 6) is 1.11. The molecule has 3 aromatic carbocycles. The Morgan fingerprint density at radius 1 is 0.871 bits per heavy atom. The number of hydrogen-bond acceptors (Lipinski definition) is 5. The van der Waals surface area contributed by atoms with Gasteiger partial charge in [0, 0.05) is 59.8 Å². The van der Waals surface area contributed by atoms with Crippen LogP contribution in [0.25, 0.3) is 0 Å². The average Bonchev–Trinajstić information content (AvgIpc) is 3.08. The number of benzene rings is 3. The molecule has 5 heteroatoms. The SMILES string of the molecule is CCNc1ccc2c(c1)Oc1cc(N(CC)CC)ccc1C21OC(=O)c2ccccc21. The summed E-state index contributed by atoms with van der Waals surface area (Å²) in [6, 6.07) is 19.8. The predicted octanol–water partition coefficient (Wildman–Crippen LogP) is 5.53. The first kappa shape index (κ1) is 19.5. The van der Waals surface area contributed by atoms with Gasteiger partial charge in [-0.25, -0.2) is 4.79 Å². The minimum Gasteiger partial charge on any atom is -0.456 e. The quantitative estimate of drug-likeness (QED) is 0.556. The topological polar surface area (TPSA) is 50.8 Å². The molecule has 31 heavy (non-hydrogen) atoms. The Bertz CT molecular complexity index is 1170. The van der Waals surface area contributed by atoms with Crippen molar-refractivity contribution in [2.75, 3.05) is 29.9 Å². The largest absolute Gasteiger partial charge is 0.456 e. The minimum atomic E-state index is -1.01. The molecule has 0 aliphatic carbocycles. The van der Waals surface area contributed by atoms with Crippen molar-refractivity contribution in [2.24, 2.45) is 0 Å². The van der Waals surface area contributed by atoms with E-state index in [-0.39, 0.29) is 5.97 Å². The number of ether oxygens (including phenoxy) is 2. The fraction of sp³-hybridized carbons (Fsp3) is 0.269. The van der Waals surface area contributed by atoms with Gasteiger partial charge >= 0.3 is 5.97 Å². The second-order valence-corrected chi connectivity index (χ2v) is 7.81. The van der Waals surface area contributed by atoms with Gasteiger partial charge in [0.1, 0.15) is 11.5 Å². The van der Waals surface area contributed by atoms with Gasteiger partial charge in [-0.1, -0.05) is 18.2 Å². The summed E-state index contributed by atoms with van der Waals surface area (Å²) < 4.78 is 12.6. The number of carbonyl (C=O) groups excluding carboxylic acids is 1. The molecular weight excluding hydrogens is 388 g/mol. The van der Waals surface area contributed by atoms with E-state index < -0.39 is 5.60 Å². The van der Waals surface area contributed by atoms with Crippen molar-refractivity contribution < 1.29 is 14.3 Å². The second kappa shape index (κ2) is 7.34. The van der Waals surface area contributed by atoms with Crippen LogP contribution in [0.2, 0.25) is 0 Å². The summed E-state index contributed by atoms with van der Waals surface area (Å²) in [4.78, 5) is 15.2. The lowest BCUT2D eigenvalue weighted by Gasteiger charge is -2.37. The fourth-order valence-corrected chi connectivity index (χ4v) is 4.76. The van der Waals surface area contributed by atoms with Crippen LogP contribution in [0.1, 0.15) is 47.8 Å². The smallest absolute Gasteiger partial charge is 0.340 e. The van der Waals surface area contributed by atoms with Crippen LogP contribution in [0.3, 0.4) is 0 Å². The standard InChI is InChI=1S/C26H26N2O3/c1-4-27-17-11-13-21-23(15-17)30-24-16-18(28(5-2)6-3)12-14-22(24)26(21)20-10-8-7-9-19(20)25(29)31-26/h7-16,27H,4-6H2,1-3H3. The van der Waals surface area contributed by atoms with Crippen molar-refractivity contribution in [3.8, 4) is 11.5 Å². The first-order chi connectivity index (χ1) is 15.1. The van der Waals surface area contributed by atoms with Gasteiger partial charge in [0.2, 0.25) is 0 Å². The molecule has 0 aromatic heterocycles. The highest BCUT2D eigenvalue weighted by molar-refractivity contribution is 5.97. The molecule has 2 aliphatic heterocycles. The normalized spacial score (nSPS) is 18.0. The predicted molar refractivity (Wildman–Crippen MR) is 122 cm³/mol. The van der Waals surface area contributed by atoms with Gasteiger partial charge in [-0.15, -0.1) is 0 Å². The van der Waals surface area contributed by atoms with E-state index in [0.717, 1.165) is 53.4 Å². The molecule has 0 fully saturated rings. The number of carbonyl (C=O) groups is 1. The molecule has 0 bridgehead atoms. The van der Waals surface area contributed by atoms with Gasteiger partial charge in [0.05, 0.1) is 5.56 Å². The Morgan fingerprint density at radius 3 is 2.32 bits per heavy atom. The van der Waals surface area contributed by atoms with Crippen LogP contribution < -0.4 is 15.0 Å². The summed E-state index contributed by atoms with van der Waals surface area (Å²) in [6.45, 7) is 8.95. The van der Waals surface area contributed by atoms with Gasteiger partial charge in [0.25, 0.3) is 0 Å². The molecule has 158 valence electrons. The van der Waals surface area contributed by atoms with E-state index in [0.29, 0.717) is 11.3 Å². The molecule has 1 unspecified atom stereocenters. The first-order valence-electron chi connectivity index (χ1n) is 10.9. The van der Waals surface area contributed by atoms with Crippen LogP contribution in [0.5, 0.6) is 11.5 Å².